The molecule has 9 heteroatoms. The van der Waals surface area contributed by atoms with Crippen LogP contribution in [0.25, 0.3) is 0 Å². The average Bonchev–Trinajstić information content (AvgIpc) is 2.68. The highest BCUT2D eigenvalue weighted by molar-refractivity contribution is 5.97. The third kappa shape index (κ3) is 4.73. The topological polar surface area (TPSA) is 106 Å². The van der Waals surface area contributed by atoms with Crippen LogP contribution in [0.4, 0.5) is 5.82 Å². The van der Waals surface area contributed by atoms with E-state index in [4.69, 9.17) is 11.5 Å². The monoisotopic (exact) mass is 425 g/mol. The molecular formula is C19H25Cl2N5O2. The van der Waals surface area contributed by atoms with Gasteiger partial charge >= 0.3 is 0 Å². The van der Waals surface area contributed by atoms with Gasteiger partial charge in [-0.2, -0.15) is 0 Å². The van der Waals surface area contributed by atoms with Gasteiger partial charge in [0.1, 0.15) is 11.4 Å². The lowest BCUT2D eigenvalue weighted by Crippen LogP contribution is -2.57. The SMILES string of the molecule is CC(N)(C(=O)N1CCN(c2ncccc2C(N)=O)CC1)c1ccccc1.Cl.Cl. The summed E-state index contributed by atoms with van der Waals surface area (Å²) in [6.07, 6.45) is 1.63. The molecule has 0 aliphatic carbocycles. The van der Waals surface area contributed by atoms with E-state index in [1.807, 2.05) is 35.2 Å². The number of piperazine rings is 1. The van der Waals surface area contributed by atoms with Crippen LogP contribution in [0.15, 0.2) is 48.7 Å². The summed E-state index contributed by atoms with van der Waals surface area (Å²) < 4.78 is 0. The average molecular weight is 426 g/mol. The van der Waals surface area contributed by atoms with Crippen molar-refractivity contribution >= 4 is 42.4 Å². The Morgan fingerprint density at radius 1 is 1.00 bits per heavy atom. The molecule has 1 saturated heterocycles. The number of anilines is 1. The lowest BCUT2D eigenvalue weighted by molar-refractivity contribution is -0.137. The quantitative estimate of drug-likeness (QED) is 0.772. The number of hydrogen-bond acceptors (Lipinski definition) is 5. The van der Waals surface area contributed by atoms with E-state index in [0.717, 1.165) is 5.56 Å². The Balaban J connectivity index is 0.00000196. The summed E-state index contributed by atoms with van der Waals surface area (Å²) in [7, 11) is 0. The van der Waals surface area contributed by atoms with Gasteiger partial charge in [0.05, 0.1) is 5.56 Å². The van der Waals surface area contributed by atoms with Gasteiger partial charge in [-0.05, 0) is 24.6 Å². The van der Waals surface area contributed by atoms with E-state index in [0.29, 0.717) is 37.6 Å². The maximum Gasteiger partial charge on any atom is 0.252 e. The number of rotatable bonds is 4. The van der Waals surface area contributed by atoms with Crippen LogP contribution in [0.2, 0.25) is 0 Å². The Bertz CT molecular complexity index is 809. The second kappa shape index (κ2) is 9.73. The highest BCUT2D eigenvalue weighted by Gasteiger charge is 2.36. The Morgan fingerprint density at radius 3 is 2.18 bits per heavy atom. The van der Waals surface area contributed by atoms with Crippen LogP contribution in [-0.2, 0) is 10.3 Å². The van der Waals surface area contributed by atoms with Crippen LogP contribution < -0.4 is 16.4 Å². The van der Waals surface area contributed by atoms with Crippen molar-refractivity contribution in [2.45, 2.75) is 12.5 Å². The number of aromatic nitrogens is 1. The van der Waals surface area contributed by atoms with Gasteiger partial charge in [-0.15, -0.1) is 24.8 Å². The number of pyridine rings is 1. The number of halogens is 2. The molecule has 28 heavy (non-hydrogen) atoms. The predicted molar refractivity (Wildman–Crippen MR) is 114 cm³/mol. The van der Waals surface area contributed by atoms with Crippen molar-refractivity contribution in [2.24, 2.45) is 11.5 Å². The van der Waals surface area contributed by atoms with Crippen LogP contribution in [0.1, 0.15) is 22.8 Å². The van der Waals surface area contributed by atoms with E-state index in [1.165, 1.54) is 0 Å². The number of nitrogens with zero attached hydrogens (tertiary/aromatic N) is 3. The van der Waals surface area contributed by atoms with E-state index in [9.17, 15) is 9.59 Å². The second-order valence-electron chi connectivity index (χ2n) is 6.59. The van der Waals surface area contributed by atoms with Crippen LogP contribution >= 0.6 is 24.8 Å². The molecule has 1 unspecified atom stereocenters. The molecule has 1 aliphatic rings. The van der Waals surface area contributed by atoms with Gasteiger partial charge in [-0.3, -0.25) is 9.59 Å². The molecule has 1 aromatic heterocycles. The Labute approximate surface area is 176 Å². The molecule has 3 rings (SSSR count). The van der Waals surface area contributed by atoms with E-state index in [-0.39, 0.29) is 30.7 Å². The number of hydrogen-bond donors (Lipinski definition) is 2. The lowest BCUT2D eigenvalue weighted by atomic mass is 9.91. The van der Waals surface area contributed by atoms with Gasteiger partial charge in [0, 0.05) is 32.4 Å². The minimum Gasteiger partial charge on any atom is -0.365 e. The zero-order chi connectivity index (χ0) is 18.7. The van der Waals surface area contributed by atoms with Gasteiger partial charge in [-0.25, -0.2) is 4.98 Å². The van der Waals surface area contributed by atoms with Crippen molar-refractivity contribution in [2.75, 3.05) is 31.1 Å². The van der Waals surface area contributed by atoms with Gasteiger partial charge < -0.3 is 21.3 Å². The fraction of sp³-hybridized carbons (Fsp3) is 0.316. The first-order valence-electron chi connectivity index (χ1n) is 8.55. The van der Waals surface area contributed by atoms with Gasteiger partial charge in [0.2, 0.25) is 5.91 Å². The molecule has 1 aliphatic heterocycles. The first-order valence-corrected chi connectivity index (χ1v) is 8.55. The largest absolute Gasteiger partial charge is 0.365 e. The molecule has 0 bridgehead atoms. The normalized spacial score (nSPS) is 15.6. The van der Waals surface area contributed by atoms with Crippen molar-refractivity contribution in [1.29, 1.82) is 0 Å². The maximum atomic E-state index is 12.9. The molecule has 0 spiro atoms. The molecule has 1 aromatic carbocycles. The standard InChI is InChI=1S/C19H23N5O2.2ClH/c1-19(21,14-6-3-2-4-7-14)18(26)24-12-10-23(11-13-24)17-15(16(20)25)8-5-9-22-17;;/h2-9H,10-13,21H2,1H3,(H2,20,25);2*1H. The minimum absolute atomic E-state index is 0. The molecule has 152 valence electrons. The van der Waals surface area contributed by atoms with Crippen molar-refractivity contribution < 1.29 is 9.59 Å². The Hall–Kier alpha value is -2.35. The van der Waals surface area contributed by atoms with Crippen molar-refractivity contribution in [3.63, 3.8) is 0 Å². The van der Waals surface area contributed by atoms with Crippen molar-refractivity contribution in [3.05, 3.63) is 59.8 Å². The van der Waals surface area contributed by atoms with E-state index in [2.05, 4.69) is 4.98 Å². The van der Waals surface area contributed by atoms with E-state index < -0.39 is 11.4 Å². The van der Waals surface area contributed by atoms with Crippen molar-refractivity contribution in [3.8, 4) is 0 Å². The molecule has 0 saturated carbocycles. The summed E-state index contributed by atoms with van der Waals surface area (Å²) in [5.74, 6) is -0.0598. The van der Waals surface area contributed by atoms with Gasteiger partial charge in [0.25, 0.3) is 5.91 Å². The summed E-state index contributed by atoms with van der Waals surface area (Å²) in [6.45, 7) is 3.88. The molecule has 4 N–H and O–H groups in total. The van der Waals surface area contributed by atoms with E-state index in [1.54, 1.807) is 30.2 Å². The fourth-order valence-corrected chi connectivity index (χ4v) is 3.20. The third-order valence-electron chi connectivity index (χ3n) is 4.74. The molecule has 2 amide bonds. The number of nitrogens with two attached hydrogens (primary N) is 2. The summed E-state index contributed by atoms with van der Waals surface area (Å²) in [4.78, 5) is 32.6. The first-order chi connectivity index (χ1) is 12.4. The van der Waals surface area contributed by atoms with Crippen LogP contribution in [-0.4, -0.2) is 47.9 Å². The minimum atomic E-state index is -1.08. The number of carbonyl (C=O) groups excluding carboxylic acids is 2. The number of primary amides is 1. The lowest BCUT2D eigenvalue weighted by Gasteiger charge is -2.39. The number of benzene rings is 1. The molecule has 1 atom stereocenters. The molecular weight excluding hydrogens is 401 g/mol. The zero-order valence-electron chi connectivity index (χ0n) is 15.6. The maximum absolute atomic E-state index is 12.9. The highest BCUT2D eigenvalue weighted by atomic mass is 35.5. The van der Waals surface area contributed by atoms with E-state index >= 15 is 0 Å². The number of carbonyl (C=O) groups is 2. The Morgan fingerprint density at radius 2 is 1.61 bits per heavy atom. The summed E-state index contributed by atoms with van der Waals surface area (Å²) in [6, 6.07) is 12.7. The summed E-state index contributed by atoms with van der Waals surface area (Å²) >= 11 is 0. The molecule has 0 radical (unpaired) electrons. The molecule has 2 aromatic rings. The molecule has 2 heterocycles. The Kier molecular flexibility index (Phi) is 8.23. The second-order valence-corrected chi connectivity index (χ2v) is 6.59. The predicted octanol–water partition coefficient (Wildman–Crippen LogP) is 1.55. The van der Waals surface area contributed by atoms with Crippen LogP contribution in [0.5, 0.6) is 0 Å². The van der Waals surface area contributed by atoms with Crippen LogP contribution in [0.3, 0.4) is 0 Å². The van der Waals surface area contributed by atoms with Gasteiger partial charge in [-0.1, -0.05) is 30.3 Å². The molecule has 1 fully saturated rings. The first kappa shape index (κ1) is 23.7. The van der Waals surface area contributed by atoms with Crippen LogP contribution in [0, 0.1) is 0 Å². The van der Waals surface area contributed by atoms with Gasteiger partial charge in [0.15, 0.2) is 0 Å². The summed E-state index contributed by atoms with van der Waals surface area (Å²) in [5, 5.41) is 0. The fourth-order valence-electron chi connectivity index (χ4n) is 3.20. The smallest absolute Gasteiger partial charge is 0.252 e. The summed E-state index contributed by atoms with van der Waals surface area (Å²) in [5.41, 5.74) is 11.9. The number of amides is 2. The highest BCUT2D eigenvalue weighted by Crippen LogP contribution is 2.23. The zero-order valence-corrected chi connectivity index (χ0v) is 17.2. The third-order valence-corrected chi connectivity index (χ3v) is 4.74. The molecule has 7 nitrogen and oxygen atoms in total. The van der Waals surface area contributed by atoms with Crippen molar-refractivity contribution in [1.82, 2.24) is 9.88 Å².